The average Bonchev–Trinajstić information content (AvgIpc) is 2.48. The highest BCUT2D eigenvalue weighted by molar-refractivity contribution is 9.10. The van der Waals surface area contributed by atoms with Gasteiger partial charge in [-0.1, -0.05) is 29.3 Å². The summed E-state index contributed by atoms with van der Waals surface area (Å²) >= 11 is 20.7. The van der Waals surface area contributed by atoms with Gasteiger partial charge in [-0.05, 0) is 57.4 Å². The molecule has 2 rings (SSSR count). The molecule has 2 aromatic carbocycles. The summed E-state index contributed by atoms with van der Waals surface area (Å²) in [4.78, 5) is 11.2. The highest BCUT2D eigenvalue weighted by atomic mass is 79.9. The second kappa shape index (κ2) is 7.55. The van der Waals surface area contributed by atoms with Gasteiger partial charge in [-0.15, -0.1) is 0 Å². The predicted molar refractivity (Wildman–Crippen MR) is 91.7 cm³/mol. The number of carbonyl (C=O) groups excluding carboxylic acids is 1. The van der Waals surface area contributed by atoms with E-state index >= 15 is 0 Å². The molecule has 0 aliphatic rings. The maximum Gasteiger partial charge on any atom is 0.252 e. The van der Waals surface area contributed by atoms with Gasteiger partial charge in [0.1, 0.15) is 6.61 Å². The molecule has 0 spiro atoms. The van der Waals surface area contributed by atoms with E-state index in [1.54, 1.807) is 18.2 Å². The number of halogens is 4. The van der Waals surface area contributed by atoms with Crippen molar-refractivity contribution in [1.29, 1.82) is 0 Å². The number of carbonyl (C=O) groups is 1. The Labute approximate surface area is 151 Å². The smallest absolute Gasteiger partial charge is 0.252 e. The Balaban J connectivity index is 2.25. The molecule has 0 fully saturated rings. The Hall–Kier alpha value is -0.940. The van der Waals surface area contributed by atoms with Crippen molar-refractivity contribution in [2.75, 3.05) is 7.11 Å². The molecule has 0 heterocycles. The Morgan fingerprint density at radius 1 is 1.18 bits per heavy atom. The summed E-state index contributed by atoms with van der Waals surface area (Å²) in [7, 11) is 1.48. The van der Waals surface area contributed by atoms with E-state index in [9.17, 15) is 4.79 Å². The molecule has 0 amide bonds. The van der Waals surface area contributed by atoms with E-state index in [4.69, 9.17) is 44.3 Å². The van der Waals surface area contributed by atoms with Crippen LogP contribution in [0.4, 0.5) is 0 Å². The molecule has 0 N–H and O–H groups in total. The van der Waals surface area contributed by atoms with Gasteiger partial charge in [0.15, 0.2) is 11.5 Å². The van der Waals surface area contributed by atoms with Crippen LogP contribution in [0.5, 0.6) is 11.5 Å². The summed E-state index contributed by atoms with van der Waals surface area (Å²) in [6.45, 7) is 0.264. The predicted octanol–water partition coefficient (Wildman–Crippen LogP) is 5.72. The van der Waals surface area contributed by atoms with Crippen LogP contribution in [0.25, 0.3) is 0 Å². The molecule has 0 saturated heterocycles. The summed E-state index contributed by atoms with van der Waals surface area (Å²) in [6, 6.07) is 8.32. The third-order valence-electron chi connectivity index (χ3n) is 2.82. The van der Waals surface area contributed by atoms with Crippen LogP contribution in [-0.4, -0.2) is 12.4 Å². The minimum Gasteiger partial charge on any atom is -0.493 e. The van der Waals surface area contributed by atoms with E-state index in [0.29, 0.717) is 31.6 Å². The normalized spacial score (nSPS) is 10.4. The first-order valence-corrected chi connectivity index (χ1v) is 7.99. The molecule has 3 nitrogen and oxygen atoms in total. The fourth-order valence-electron chi connectivity index (χ4n) is 1.76. The van der Waals surface area contributed by atoms with Crippen molar-refractivity contribution in [3.8, 4) is 11.5 Å². The summed E-state index contributed by atoms with van der Waals surface area (Å²) in [5.74, 6) is 0.869. The first kappa shape index (κ1) is 17.4. The lowest BCUT2D eigenvalue weighted by Gasteiger charge is -2.14. The quantitative estimate of drug-likeness (QED) is 0.576. The van der Waals surface area contributed by atoms with E-state index < -0.39 is 5.24 Å². The molecule has 116 valence electrons. The van der Waals surface area contributed by atoms with Crippen molar-refractivity contribution in [3.63, 3.8) is 0 Å². The minimum atomic E-state index is -0.574. The van der Waals surface area contributed by atoms with E-state index in [2.05, 4.69) is 15.9 Å². The van der Waals surface area contributed by atoms with Crippen LogP contribution < -0.4 is 9.47 Å². The van der Waals surface area contributed by atoms with Crippen LogP contribution in [0, 0.1) is 0 Å². The first-order chi connectivity index (χ1) is 10.4. The minimum absolute atomic E-state index is 0.264. The molecule has 0 aliphatic carbocycles. The molecule has 2 aromatic rings. The van der Waals surface area contributed by atoms with Gasteiger partial charge in [0.05, 0.1) is 21.6 Å². The standard InChI is InChI=1S/C15H10BrCl3O3/c1-21-13-6-9(15(19)20)5-10(16)14(13)22-7-8-2-3-11(17)12(18)4-8/h2-6H,7H2,1H3. The van der Waals surface area contributed by atoms with Gasteiger partial charge in [0.2, 0.25) is 0 Å². The lowest BCUT2D eigenvalue weighted by atomic mass is 10.2. The van der Waals surface area contributed by atoms with Gasteiger partial charge in [0, 0.05) is 5.56 Å². The molecule has 0 aromatic heterocycles. The van der Waals surface area contributed by atoms with Crippen LogP contribution in [0.3, 0.4) is 0 Å². The number of hydrogen-bond acceptors (Lipinski definition) is 3. The summed E-state index contributed by atoms with van der Waals surface area (Å²) in [6.07, 6.45) is 0. The van der Waals surface area contributed by atoms with Gasteiger partial charge in [-0.25, -0.2) is 0 Å². The molecule has 22 heavy (non-hydrogen) atoms. The molecule has 0 unspecified atom stereocenters. The van der Waals surface area contributed by atoms with Gasteiger partial charge >= 0.3 is 0 Å². The number of ether oxygens (including phenoxy) is 2. The second-order valence-electron chi connectivity index (χ2n) is 4.30. The van der Waals surface area contributed by atoms with Crippen molar-refractivity contribution < 1.29 is 14.3 Å². The van der Waals surface area contributed by atoms with Crippen LogP contribution in [-0.2, 0) is 6.61 Å². The van der Waals surface area contributed by atoms with Crippen LogP contribution in [0.2, 0.25) is 10.0 Å². The molecule has 0 bridgehead atoms. The van der Waals surface area contributed by atoms with Crippen molar-refractivity contribution >= 4 is 56.0 Å². The molecule has 0 radical (unpaired) electrons. The second-order valence-corrected chi connectivity index (χ2v) is 6.31. The highest BCUT2D eigenvalue weighted by Crippen LogP contribution is 2.37. The SMILES string of the molecule is COc1cc(C(=O)Cl)cc(Br)c1OCc1ccc(Cl)c(Cl)c1. The zero-order chi connectivity index (χ0) is 16.3. The van der Waals surface area contributed by atoms with Crippen LogP contribution in [0.1, 0.15) is 15.9 Å². The zero-order valence-corrected chi connectivity index (χ0v) is 15.2. The summed E-state index contributed by atoms with van der Waals surface area (Å²) in [5.41, 5.74) is 1.16. The van der Waals surface area contributed by atoms with Gasteiger partial charge in [0.25, 0.3) is 5.24 Å². The van der Waals surface area contributed by atoms with Crippen molar-refractivity contribution in [3.05, 3.63) is 56.0 Å². The maximum absolute atomic E-state index is 11.2. The fraction of sp³-hybridized carbons (Fsp3) is 0.133. The van der Waals surface area contributed by atoms with Crippen LogP contribution in [0.15, 0.2) is 34.8 Å². The topological polar surface area (TPSA) is 35.5 Å². The van der Waals surface area contributed by atoms with Crippen molar-refractivity contribution in [1.82, 2.24) is 0 Å². The lowest BCUT2D eigenvalue weighted by Crippen LogP contribution is -2.00. The van der Waals surface area contributed by atoms with Crippen molar-refractivity contribution in [2.45, 2.75) is 6.61 Å². The van der Waals surface area contributed by atoms with Crippen molar-refractivity contribution in [2.24, 2.45) is 0 Å². The van der Waals surface area contributed by atoms with E-state index in [1.165, 1.54) is 13.2 Å². The van der Waals surface area contributed by atoms with Gasteiger partial charge in [-0.3, -0.25) is 4.79 Å². The molecule has 0 atom stereocenters. The first-order valence-electron chi connectivity index (χ1n) is 6.06. The van der Waals surface area contributed by atoms with E-state index in [-0.39, 0.29) is 6.61 Å². The average molecular weight is 425 g/mol. The number of rotatable bonds is 5. The molecule has 7 heteroatoms. The van der Waals surface area contributed by atoms with Gasteiger partial charge in [-0.2, -0.15) is 0 Å². The number of benzene rings is 2. The third-order valence-corrected chi connectivity index (χ3v) is 4.37. The third kappa shape index (κ3) is 4.07. The Bertz CT molecular complexity index is 719. The Morgan fingerprint density at radius 2 is 1.91 bits per heavy atom. The molecular weight excluding hydrogens is 414 g/mol. The zero-order valence-electron chi connectivity index (χ0n) is 11.3. The van der Waals surface area contributed by atoms with Crippen LogP contribution >= 0.6 is 50.7 Å². The van der Waals surface area contributed by atoms with Gasteiger partial charge < -0.3 is 9.47 Å². The molecule has 0 saturated carbocycles. The molecule has 0 aliphatic heterocycles. The number of hydrogen-bond donors (Lipinski definition) is 0. The summed E-state index contributed by atoms with van der Waals surface area (Å²) in [5, 5.41) is 0.362. The van der Waals surface area contributed by atoms with E-state index in [1.807, 2.05) is 6.07 Å². The lowest BCUT2D eigenvalue weighted by molar-refractivity contribution is 0.108. The Morgan fingerprint density at radius 3 is 2.50 bits per heavy atom. The van der Waals surface area contributed by atoms with E-state index in [0.717, 1.165) is 5.56 Å². The fourth-order valence-corrected chi connectivity index (χ4v) is 2.74. The highest BCUT2D eigenvalue weighted by Gasteiger charge is 2.15. The number of methoxy groups -OCH3 is 1. The molecular formula is C15H10BrCl3O3. The monoisotopic (exact) mass is 422 g/mol. The largest absolute Gasteiger partial charge is 0.493 e. The maximum atomic E-state index is 11.2. The Kier molecular flexibility index (Phi) is 5.98. The summed E-state index contributed by atoms with van der Waals surface area (Å²) < 4.78 is 11.5.